The first-order chi connectivity index (χ1) is 11.9. The molecule has 8 nitrogen and oxygen atoms in total. The first-order valence-corrected chi connectivity index (χ1v) is 9.08. The fraction of sp³-hybridized carbons (Fsp3) is 0.188. The summed E-state index contributed by atoms with van der Waals surface area (Å²) in [4.78, 5) is 16.0. The van der Waals surface area contributed by atoms with Gasteiger partial charge in [0.05, 0.1) is 25.3 Å². The predicted molar refractivity (Wildman–Crippen MR) is 95.2 cm³/mol. The number of aromatic nitrogens is 1. The molecular weight excluding hydrogens is 344 g/mol. The summed E-state index contributed by atoms with van der Waals surface area (Å²) in [6.45, 7) is -0.406. The van der Waals surface area contributed by atoms with Crippen molar-refractivity contribution in [2.24, 2.45) is 5.10 Å². The molecule has 0 bridgehead atoms. The number of anilines is 1. The van der Waals surface area contributed by atoms with E-state index in [4.69, 9.17) is 4.74 Å². The number of sulfonamides is 1. The first kappa shape index (κ1) is 18.4. The van der Waals surface area contributed by atoms with Crippen molar-refractivity contribution in [3.63, 3.8) is 0 Å². The van der Waals surface area contributed by atoms with E-state index in [2.05, 4.69) is 15.5 Å². The summed E-state index contributed by atoms with van der Waals surface area (Å²) in [5.41, 5.74) is 3.33. The number of benzene rings is 1. The molecule has 1 N–H and O–H groups in total. The van der Waals surface area contributed by atoms with Crippen molar-refractivity contribution in [3.8, 4) is 5.75 Å². The maximum atomic E-state index is 12.0. The van der Waals surface area contributed by atoms with Crippen LogP contribution in [0.4, 0.5) is 5.69 Å². The minimum Gasteiger partial charge on any atom is -0.497 e. The molecule has 0 radical (unpaired) electrons. The van der Waals surface area contributed by atoms with Crippen LogP contribution in [-0.4, -0.2) is 45.4 Å². The molecule has 1 amide bonds. The van der Waals surface area contributed by atoms with E-state index >= 15 is 0 Å². The van der Waals surface area contributed by atoms with Gasteiger partial charge in [-0.3, -0.25) is 14.1 Å². The van der Waals surface area contributed by atoms with Crippen LogP contribution in [0.2, 0.25) is 0 Å². The molecule has 0 spiro atoms. The number of hydrazone groups is 1. The van der Waals surface area contributed by atoms with E-state index in [0.717, 1.165) is 10.6 Å². The van der Waals surface area contributed by atoms with Crippen molar-refractivity contribution in [2.75, 3.05) is 24.2 Å². The number of pyridine rings is 1. The van der Waals surface area contributed by atoms with Crippen molar-refractivity contribution in [1.29, 1.82) is 0 Å². The highest BCUT2D eigenvalue weighted by Crippen LogP contribution is 2.22. The molecule has 9 heteroatoms. The molecule has 0 aliphatic heterocycles. The quantitative estimate of drug-likeness (QED) is 0.585. The molecule has 0 aliphatic rings. The maximum absolute atomic E-state index is 12.0. The zero-order chi connectivity index (χ0) is 18.3. The lowest BCUT2D eigenvalue weighted by molar-refractivity contribution is -0.119. The third-order valence-electron chi connectivity index (χ3n) is 3.12. The average molecular weight is 362 g/mol. The molecule has 0 fully saturated rings. The van der Waals surface area contributed by atoms with Gasteiger partial charge in [-0.25, -0.2) is 13.8 Å². The van der Waals surface area contributed by atoms with Crippen LogP contribution in [0, 0.1) is 0 Å². The number of hydrogen-bond donors (Lipinski definition) is 1. The molecule has 0 saturated heterocycles. The van der Waals surface area contributed by atoms with Gasteiger partial charge in [0, 0.05) is 24.0 Å². The summed E-state index contributed by atoms with van der Waals surface area (Å²) in [6, 6.07) is 9.94. The Morgan fingerprint density at radius 3 is 2.80 bits per heavy atom. The van der Waals surface area contributed by atoms with E-state index in [1.807, 2.05) is 0 Å². The molecule has 2 rings (SSSR count). The summed E-state index contributed by atoms with van der Waals surface area (Å²) < 4.78 is 30.1. The standard InChI is InChI=1S/C16H18N4O4S/c1-24-15-7-3-6-14(9-15)20(25(2,22)23)12-16(21)19-18-11-13-5-4-8-17-10-13/h3-11H,12H2,1-2H3,(H,19,21)/b18-11-. The number of nitrogens with one attached hydrogen (secondary N) is 1. The van der Waals surface area contributed by atoms with Gasteiger partial charge in [-0.2, -0.15) is 5.10 Å². The van der Waals surface area contributed by atoms with Crippen molar-refractivity contribution < 1.29 is 17.9 Å². The van der Waals surface area contributed by atoms with Gasteiger partial charge < -0.3 is 4.74 Å². The van der Waals surface area contributed by atoms with Crippen LogP contribution >= 0.6 is 0 Å². The Morgan fingerprint density at radius 2 is 2.16 bits per heavy atom. The van der Waals surface area contributed by atoms with Gasteiger partial charge in [0.15, 0.2) is 0 Å². The van der Waals surface area contributed by atoms with Crippen LogP contribution in [0.1, 0.15) is 5.56 Å². The van der Waals surface area contributed by atoms with Gasteiger partial charge in [-0.15, -0.1) is 0 Å². The molecule has 2 aromatic rings. The molecule has 25 heavy (non-hydrogen) atoms. The van der Waals surface area contributed by atoms with Crippen LogP contribution in [-0.2, 0) is 14.8 Å². The number of methoxy groups -OCH3 is 1. The van der Waals surface area contributed by atoms with Crippen LogP contribution in [0.25, 0.3) is 0 Å². The Morgan fingerprint density at radius 1 is 1.36 bits per heavy atom. The third-order valence-corrected chi connectivity index (χ3v) is 4.26. The molecular formula is C16H18N4O4S. The number of carbonyl (C=O) groups is 1. The van der Waals surface area contributed by atoms with E-state index in [1.165, 1.54) is 19.4 Å². The monoisotopic (exact) mass is 362 g/mol. The molecule has 1 aromatic carbocycles. The topological polar surface area (TPSA) is 101 Å². The second-order valence-corrected chi connectivity index (χ2v) is 6.96. The van der Waals surface area contributed by atoms with Gasteiger partial charge in [0.1, 0.15) is 12.3 Å². The van der Waals surface area contributed by atoms with Crippen LogP contribution in [0.3, 0.4) is 0 Å². The summed E-state index contributed by atoms with van der Waals surface area (Å²) in [5, 5.41) is 3.79. The fourth-order valence-corrected chi connectivity index (χ4v) is 2.81. The van der Waals surface area contributed by atoms with Gasteiger partial charge in [-0.05, 0) is 18.2 Å². The number of ether oxygens (including phenoxy) is 1. The molecule has 0 unspecified atom stereocenters. The molecule has 1 heterocycles. The van der Waals surface area contributed by atoms with Gasteiger partial charge in [0.2, 0.25) is 10.0 Å². The van der Waals surface area contributed by atoms with Gasteiger partial charge in [-0.1, -0.05) is 12.1 Å². The van der Waals surface area contributed by atoms with Crippen molar-refractivity contribution >= 4 is 27.8 Å². The maximum Gasteiger partial charge on any atom is 0.260 e. The highest BCUT2D eigenvalue weighted by atomic mass is 32.2. The van der Waals surface area contributed by atoms with Crippen LogP contribution in [0.5, 0.6) is 5.75 Å². The van der Waals surface area contributed by atoms with Crippen molar-refractivity contribution in [2.45, 2.75) is 0 Å². The SMILES string of the molecule is COc1cccc(N(CC(=O)N/N=C\c2cccnc2)S(C)(=O)=O)c1. The third kappa shape index (κ3) is 5.57. The van der Waals surface area contributed by atoms with E-state index in [1.54, 1.807) is 42.7 Å². The lowest BCUT2D eigenvalue weighted by Gasteiger charge is -2.21. The Bertz CT molecular complexity index is 853. The average Bonchev–Trinajstić information content (AvgIpc) is 2.59. The van der Waals surface area contributed by atoms with Crippen molar-refractivity contribution in [3.05, 3.63) is 54.4 Å². The second-order valence-electron chi connectivity index (χ2n) is 5.05. The fourth-order valence-electron chi connectivity index (χ4n) is 1.96. The first-order valence-electron chi connectivity index (χ1n) is 7.24. The van der Waals surface area contributed by atoms with E-state index in [9.17, 15) is 13.2 Å². The molecule has 1 aromatic heterocycles. The number of hydrogen-bond acceptors (Lipinski definition) is 6. The van der Waals surface area contributed by atoms with Gasteiger partial charge in [0.25, 0.3) is 5.91 Å². The second kappa shape index (κ2) is 8.25. The Kier molecular flexibility index (Phi) is 6.07. The zero-order valence-corrected chi connectivity index (χ0v) is 14.6. The lowest BCUT2D eigenvalue weighted by atomic mass is 10.3. The van der Waals surface area contributed by atoms with Crippen LogP contribution < -0.4 is 14.5 Å². The highest BCUT2D eigenvalue weighted by molar-refractivity contribution is 7.92. The highest BCUT2D eigenvalue weighted by Gasteiger charge is 2.21. The van der Waals surface area contributed by atoms with E-state index in [-0.39, 0.29) is 0 Å². The predicted octanol–water partition coefficient (Wildman–Crippen LogP) is 1.01. The molecule has 132 valence electrons. The van der Waals surface area contributed by atoms with E-state index in [0.29, 0.717) is 17.0 Å². The lowest BCUT2D eigenvalue weighted by Crippen LogP contribution is -2.39. The summed E-state index contributed by atoms with van der Waals surface area (Å²) in [6.07, 6.45) is 5.64. The minimum atomic E-state index is -3.66. The Hall–Kier alpha value is -2.94. The summed E-state index contributed by atoms with van der Waals surface area (Å²) in [7, 11) is -2.18. The summed E-state index contributed by atoms with van der Waals surface area (Å²) in [5.74, 6) is -0.0884. The number of nitrogens with zero attached hydrogens (tertiary/aromatic N) is 3. The number of amides is 1. The van der Waals surface area contributed by atoms with Crippen LogP contribution in [0.15, 0.2) is 53.9 Å². The largest absolute Gasteiger partial charge is 0.497 e. The smallest absolute Gasteiger partial charge is 0.260 e. The van der Waals surface area contributed by atoms with Crippen molar-refractivity contribution in [1.82, 2.24) is 10.4 Å². The Balaban J connectivity index is 2.09. The van der Waals surface area contributed by atoms with E-state index < -0.39 is 22.5 Å². The molecule has 0 saturated carbocycles. The molecule has 0 aliphatic carbocycles. The summed E-state index contributed by atoms with van der Waals surface area (Å²) >= 11 is 0. The normalized spacial score (nSPS) is 11.3. The minimum absolute atomic E-state index is 0.327. The number of carbonyl (C=O) groups excluding carboxylic acids is 1. The number of rotatable bonds is 7. The Labute approximate surface area is 146 Å². The molecule has 0 atom stereocenters. The van der Waals surface area contributed by atoms with Gasteiger partial charge >= 0.3 is 0 Å². The zero-order valence-electron chi connectivity index (χ0n) is 13.8.